The fourth-order valence-electron chi connectivity index (χ4n) is 2.82. The molecule has 4 rings (SSSR count). The molecular formula is C21H19N5OS. The second-order valence-electron chi connectivity index (χ2n) is 6.27. The van der Waals surface area contributed by atoms with Crippen LogP contribution in [0, 0.1) is 0 Å². The van der Waals surface area contributed by atoms with Crippen LogP contribution < -0.4 is 5.32 Å². The average molecular weight is 389 g/mol. The number of hydrogen-bond donors (Lipinski definition) is 1. The number of nitrogens with zero attached hydrogens (tertiary/aromatic N) is 4. The van der Waals surface area contributed by atoms with Gasteiger partial charge in [-0.15, -0.1) is 0 Å². The minimum atomic E-state index is -0.290. The first kappa shape index (κ1) is 18.2. The Morgan fingerprint density at radius 3 is 2.54 bits per heavy atom. The molecule has 0 bridgehead atoms. The molecule has 0 spiro atoms. The summed E-state index contributed by atoms with van der Waals surface area (Å²) in [6, 6.07) is 19.7. The smallest absolute Gasteiger partial charge is 0.233 e. The Bertz CT molecular complexity index is 1080. The predicted octanol–water partition coefficient (Wildman–Crippen LogP) is 3.61. The molecule has 2 heterocycles. The Labute approximate surface area is 167 Å². The van der Waals surface area contributed by atoms with Gasteiger partial charge in [0.2, 0.25) is 5.91 Å². The van der Waals surface area contributed by atoms with Crippen molar-refractivity contribution in [3.8, 4) is 5.69 Å². The van der Waals surface area contributed by atoms with Crippen molar-refractivity contribution in [2.24, 2.45) is 0 Å². The largest absolute Gasteiger partial charge is 0.351 e. The zero-order chi connectivity index (χ0) is 19.3. The SMILES string of the molecule is C[C@@H](Sc1ncnc2c1cnn2-c1ccccc1)C(=O)NCc1ccccc1. The summed E-state index contributed by atoms with van der Waals surface area (Å²) in [5.74, 6) is -0.0314. The Morgan fingerprint density at radius 2 is 1.79 bits per heavy atom. The zero-order valence-electron chi connectivity index (χ0n) is 15.3. The molecule has 2 aromatic heterocycles. The zero-order valence-corrected chi connectivity index (χ0v) is 16.1. The molecule has 4 aromatic rings. The maximum Gasteiger partial charge on any atom is 0.233 e. The number of thioether (sulfide) groups is 1. The Kier molecular flexibility index (Phi) is 5.34. The standard InChI is InChI=1S/C21H19N5OS/c1-15(20(27)22-12-16-8-4-2-5-9-16)28-21-18-13-25-26(19(18)23-14-24-21)17-10-6-3-7-11-17/h2-11,13-15H,12H2,1H3,(H,22,27)/t15-/m1/s1. The van der Waals surface area contributed by atoms with Gasteiger partial charge in [0.25, 0.3) is 0 Å². The summed E-state index contributed by atoms with van der Waals surface area (Å²) >= 11 is 1.41. The predicted molar refractivity (Wildman–Crippen MR) is 110 cm³/mol. The van der Waals surface area contributed by atoms with E-state index in [0.29, 0.717) is 6.54 Å². The van der Waals surface area contributed by atoms with Crippen LogP contribution in [0.4, 0.5) is 0 Å². The fourth-order valence-corrected chi connectivity index (χ4v) is 3.73. The summed E-state index contributed by atoms with van der Waals surface area (Å²) < 4.78 is 1.78. The number of rotatable bonds is 6. The molecule has 0 fully saturated rings. The maximum atomic E-state index is 12.5. The molecule has 140 valence electrons. The van der Waals surface area contributed by atoms with E-state index in [2.05, 4.69) is 20.4 Å². The molecule has 0 radical (unpaired) electrons. The molecule has 0 aliphatic heterocycles. The van der Waals surface area contributed by atoms with Gasteiger partial charge in [0.05, 0.1) is 22.5 Å². The maximum absolute atomic E-state index is 12.5. The van der Waals surface area contributed by atoms with Gasteiger partial charge in [0.1, 0.15) is 11.4 Å². The third-order valence-electron chi connectivity index (χ3n) is 4.30. The van der Waals surface area contributed by atoms with Gasteiger partial charge in [-0.25, -0.2) is 14.6 Å². The van der Waals surface area contributed by atoms with Crippen molar-refractivity contribution >= 4 is 28.7 Å². The van der Waals surface area contributed by atoms with E-state index in [4.69, 9.17) is 0 Å². The molecule has 2 aromatic carbocycles. The molecule has 0 unspecified atom stereocenters. The summed E-state index contributed by atoms with van der Waals surface area (Å²) in [6.07, 6.45) is 3.26. The van der Waals surface area contributed by atoms with Gasteiger partial charge in [-0.2, -0.15) is 5.10 Å². The highest BCUT2D eigenvalue weighted by Crippen LogP contribution is 2.28. The van der Waals surface area contributed by atoms with Crippen molar-refractivity contribution in [1.29, 1.82) is 0 Å². The number of nitrogens with one attached hydrogen (secondary N) is 1. The van der Waals surface area contributed by atoms with Crippen LogP contribution in [0.3, 0.4) is 0 Å². The highest BCUT2D eigenvalue weighted by molar-refractivity contribution is 8.00. The molecule has 28 heavy (non-hydrogen) atoms. The normalized spacial score (nSPS) is 12.0. The Morgan fingerprint density at radius 1 is 1.07 bits per heavy atom. The summed E-state index contributed by atoms with van der Waals surface area (Å²) in [6.45, 7) is 2.39. The average Bonchev–Trinajstić information content (AvgIpc) is 3.18. The first-order valence-electron chi connectivity index (χ1n) is 8.95. The molecule has 0 saturated heterocycles. The second-order valence-corrected chi connectivity index (χ2v) is 7.60. The Hall–Kier alpha value is -3.19. The van der Waals surface area contributed by atoms with E-state index in [-0.39, 0.29) is 11.2 Å². The lowest BCUT2D eigenvalue weighted by Crippen LogP contribution is -2.30. The molecule has 1 N–H and O–H groups in total. The monoisotopic (exact) mass is 389 g/mol. The van der Waals surface area contributed by atoms with Crippen LogP contribution in [0.5, 0.6) is 0 Å². The van der Waals surface area contributed by atoms with E-state index >= 15 is 0 Å². The molecule has 0 aliphatic rings. The molecule has 0 saturated carbocycles. The first-order chi connectivity index (χ1) is 13.7. The van der Waals surface area contributed by atoms with E-state index in [1.54, 1.807) is 10.9 Å². The van der Waals surface area contributed by atoms with Crippen LogP contribution >= 0.6 is 11.8 Å². The van der Waals surface area contributed by atoms with E-state index < -0.39 is 0 Å². The number of carbonyl (C=O) groups is 1. The van der Waals surface area contributed by atoms with Gasteiger partial charge >= 0.3 is 0 Å². The minimum absolute atomic E-state index is 0.0314. The van der Waals surface area contributed by atoms with Crippen LogP contribution in [-0.2, 0) is 11.3 Å². The lowest BCUT2D eigenvalue weighted by Gasteiger charge is -2.12. The number of carbonyl (C=O) groups excluding carboxylic acids is 1. The van der Waals surface area contributed by atoms with Gasteiger partial charge in [-0.05, 0) is 24.6 Å². The fraction of sp³-hybridized carbons (Fsp3) is 0.143. The third kappa shape index (κ3) is 3.89. The van der Waals surface area contributed by atoms with Crippen LogP contribution in [0.2, 0.25) is 0 Å². The second kappa shape index (κ2) is 8.22. The summed E-state index contributed by atoms with van der Waals surface area (Å²) in [4.78, 5) is 21.2. The van der Waals surface area contributed by atoms with Crippen molar-refractivity contribution in [2.75, 3.05) is 0 Å². The molecule has 1 amide bonds. The van der Waals surface area contributed by atoms with Crippen LogP contribution in [0.25, 0.3) is 16.7 Å². The van der Waals surface area contributed by atoms with Crippen molar-refractivity contribution < 1.29 is 4.79 Å². The topological polar surface area (TPSA) is 72.7 Å². The molecule has 7 heteroatoms. The number of para-hydroxylation sites is 1. The molecule has 1 atom stereocenters. The number of aromatic nitrogens is 4. The quantitative estimate of drug-likeness (QED) is 0.403. The van der Waals surface area contributed by atoms with Crippen LogP contribution in [0.1, 0.15) is 12.5 Å². The van der Waals surface area contributed by atoms with Crippen molar-refractivity contribution in [3.63, 3.8) is 0 Å². The highest BCUT2D eigenvalue weighted by atomic mass is 32.2. The lowest BCUT2D eigenvalue weighted by molar-refractivity contribution is -0.120. The lowest BCUT2D eigenvalue weighted by atomic mass is 10.2. The van der Waals surface area contributed by atoms with Gasteiger partial charge in [0.15, 0.2) is 5.65 Å². The minimum Gasteiger partial charge on any atom is -0.351 e. The van der Waals surface area contributed by atoms with E-state index in [1.165, 1.54) is 18.1 Å². The number of amides is 1. The van der Waals surface area contributed by atoms with Gasteiger partial charge < -0.3 is 5.32 Å². The number of benzene rings is 2. The first-order valence-corrected chi connectivity index (χ1v) is 9.83. The van der Waals surface area contributed by atoms with Gasteiger partial charge in [0, 0.05) is 6.54 Å². The summed E-state index contributed by atoms with van der Waals surface area (Å²) in [5, 5.41) is 8.72. The van der Waals surface area contributed by atoms with Crippen molar-refractivity contribution in [3.05, 3.63) is 78.8 Å². The highest BCUT2D eigenvalue weighted by Gasteiger charge is 2.18. The summed E-state index contributed by atoms with van der Waals surface area (Å²) in [5.41, 5.74) is 2.73. The van der Waals surface area contributed by atoms with Crippen LogP contribution in [-0.4, -0.2) is 30.9 Å². The van der Waals surface area contributed by atoms with E-state index in [0.717, 1.165) is 27.3 Å². The summed E-state index contributed by atoms with van der Waals surface area (Å²) in [7, 11) is 0. The third-order valence-corrected chi connectivity index (χ3v) is 5.41. The van der Waals surface area contributed by atoms with E-state index in [1.807, 2.05) is 67.6 Å². The van der Waals surface area contributed by atoms with E-state index in [9.17, 15) is 4.79 Å². The molecular weight excluding hydrogens is 370 g/mol. The van der Waals surface area contributed by atoms with Crippen LogP contribution in [0.15, 0.2) is 78.2 Å². The molecule has 0 aliphatic carbocycles. The Balaban J connectivity index is 1.50. The molecule has 6 nitrogen and oxygen atoms in total. The van der Waals surface area contributed by atoms with Gasteiger partial charge in [-0.3, -0.25) is 4.79 Å². The van der Waals surface area contributed by atoms with Gasteiger partial charge in [-0.1, -0.05) is 60.3 Å². The number of hydrogen-bond acceptors (Lipinski definition) is 5. The van der Waals surface area contributed by atoms with Crippen molar-refractivity contribution in [2.45, 2.75) is 23.7 Å². The number of fused-ring (bicyclic) bond motifs is 1. The van der Waals surface area contributed by atoms with Crippen molar-refractivity contribution in [1.82, 2.24) is 25.1 Å².